The molecule has 4 bridgehead atoms. The van der Waals surface area contributed by atoms with Crippen molar-refractivity contribution in [3.8, 4) is 0 Å². The number of urea groups is 1. The molecule has 0 aromatic carbocycles. The van der Waals surface area contributed by atoms with Gasteiger partial charge in [-0.05, 0) is 50.4 Å². The van der Waals surface area contributed by atoms with Crippen molar-refractivity contribution in [3.05, 3.63) is 0 Å². The van der Waals surface area contributed by atoms with Crippen LogP contribution in [0.5, 0.6) is 0 Å². The number of amides is 2. The van der Waals surface area contributed by atoms with E-state index in [9.17, 15) is 4.79 Å². The Kier molecular flexibility index (Phi) is 3.55. The number of fused-ring (bicyclic) bond motifs is 4. The molecule has 128 valence electrons. The van der Waals surface area contributed by atoms with E-state index in [1.165, 1.54) is 32.1 Å². The van der Waals surface area contributed by atoms with Crippen LogP contribution in [0.1, 0.15) is 44.9 Å². The zero-order chi connectivity index (χ0) is 15.4. The van der Waals surface area contributed by atoms with Crippen LogP contribution in [0, 0.1) is 11.8 Å². The van der Waals surface area contributed by atoms with Crippen molar-refractivity contribution in [2.45, 2.75) is 69.2 Å². The van der Waals surface area contributed by atoms with Gasteiger partial charge in [-0.3, -0.25) is 4.90 Å². The molecule has 5 heteroatoms. The van der Waals surface area contributed by atoms with Crippen molar-refractivity contribution in [1.29, 1.82) is 0 Å². The van der Waals surface area contributed by atoms with Crippen molar-refractivity contribution >= 4 is 6.03 Å². The number of nitrogens with zero attached hydrogens (tertiary/aromatic N) is 2. The van der Waals surface area contributed by atoms with E-state index in [0.29, 0.717) is 6.10 Å². The molecule has 2 aliphatic carbocycles. The third-order valence-corrected chi connectivity index (χ3v) is 7.19. The average Bonchev–Trinajstić information content (AvgIpc) is 3.35. The smallest absolute Gasteiger partial charge is 0.317 e. The van der Waals surface area contributed by atoms with Crippen LogP contribution in [-0.2, 0) is 4.74 Å². The Bertz CT molecular complexity index is 477. The molecule has 2 amide bonds. The van der Waals surface area contributed by atoms with Gasteiger partial charge in [0.05, 0.1) is 18.2 Å². The summed E-state index contributed by atoms with van der Waals surface area (Å²) in [5.74, 6) is 1.95. The topological polar surface area (TPSA) is 44.8 Å². The lowest BCUT2D eigenvalue weighted by Gasteiger charge is -2.41. The summed E-state index contributed by atoms with van der Waals surface area (Å²) in [7, 11) is 0. The first-order chi connectivity index (χ1) is 11.3. The highest BCUT2D eigenvalue weighted by Crippen LogP contribution is 2.46. The average molecular weight is 319 g/mol. The number of hydrogen-bond acceptors (Lipinski definition) is 3. The largest absolute Gasteiger partial charge is 0.373 e. The zero-order valence-corrected chi connectivity index (χ0v) is 14.0. The number of hydrogen-bond donors (Lipinski definition) is 1. The monoisotopic (exact) mass is 319 g/mol. The number of piperazine rings is 1. The molecule has 3 saturated heterocycles. The minimum absolute atomic E-state index is 0.138. The van der Waals surface area contributed by atoms with Gasteiger partial charge in [0.2, 0.25) is 0 Å². The van der Waals surface area contributed by atoms with Gasteiger partial charge in [0, 0.05) is 32.2 Å². The molecule has 5 fully saturated rings. The van der Waals surface area contributed by atoms with Crippen LogP contribution in [0.4, 0.5) is 4.79 Å². The second-order valence-electron chi connectivity index (χ2n) is 8.43. The molecule has 5 rings (SSSR count). The fraction of sp³-hybridized carbons (Fsp3) is 0.944. The lowest BCUT2D eigenvalue weighted by Crippen LogP contribution is -2.56. The number of ether oxygens (including phenoxy) is 1. The zero-order valence-electron chi connectivity index (χ0n) is 14.0. The molecule has 5 aliphatic rings. The van der Waals surface area contributed by atoms with Crippen LogP contribution < -0.4 is 5.32 Å². The van der Waals surface area contributed by atoms with Crippen molar-refractivity contribution < 1.29 is 9.53 Å². The van der Waals surface area contributed by atoms with Crippen molar-refractivity contribution in [2.75, 3.05) is 26.2 Å². The molecule has 1 N–H and O–H groups in total. The molecule has 3 heterocycles. The Morgan fingerprint density at radius 3 is 2.43 bits per heavy atom. The van der Waals surface area contributed by atoms with Gasteiger partial charge in [-0.1, -0.05) is 6.42 Å². The van der Waals surface area contributed by atoms with Crippen LogP contribution in [-0.4, -0.2) is 66.3 Å². The maximum atomic E-state index is 12.5. The van der Waals surface area contributed by atoms with Crippen LogP contribution in [0.3, 0.4) is 0 Å². The normalized spacial score (nSPS) is 45.8. The van der Waals surface area contributed by atoms with Crippen LogP contribution in [0.2, 0.25) is 0 Å². The van der Waals surface area contributed by atoms with Gasteiger partial charge >= 0.3 is 6.03 Å². The fourth-order valence-electron chi connectivity index (χ4n) is 5.95. The van der Waals surface area contributed by atoms with Crippen LogP contribution in [0.15, 0.2) is 0 Å². The summed E-state index contributed by atoms with van der Waals surface area (Å²) >= 11 is 0. The molecule has 6 unspecified atom stereocenters. The van der Waals surface area contributed by atoms with Gasteiger partial charge in [0.25, 0.3) is 0 Å². The summed E-state index contributed by atoms with van der Waals surface area (Å²) in [5, 5.41) is 3.23. The van der Waals surface area contributed by atoms with Gasteiger partial charge in [-0.15, -0.1) is 0 Å². The summed E-state index contributed by atoms with van der Waals surface area (Å²) < 4.78 is 5.84. The summed E-state index contributed by atoms with van der Waals surface area (Å²) in [6.45, 7) is 3.91. The second-order valence-corrected chi connectivity index (χ2v) is 8.43. The van der Waals surface area contributed by atoms with E-state index in [0.717, 1.165) is 56.9 Å². The Labute approximate surface area is 138 Å². The Balaban J connectivity index is 1.12. The summed E-state index contributed by atoms with van der Waals surface area (Å²) in [6, 6.07) is 1.21. The Morgan fingerprint density at radius 1 is 0.957 bits per heavy atom. The number of carbonyl (C=O) groups excluding carboxylic acids is 1. The maximum Gasteiger partial charge on any atom is 0.317 e. The standard InChI is InChI=1S/C18H29N3O2/c22-18(19-15-11-14-3-4-17(15)23-14)21-7-5-20(6-8-21)16-10-12-1-2-13(16)9-12/h12-17H,1-11H2,(H,19,22). The highest BCUT2D eigenvalue weighted by Gasteiger charge is 2.44. The molecular formula is C18H29N3O2. The summed E-state index contributed by atoms with van der Waals surface area (Å²) in [6.07, 6.45) is 9.79. The van der Waals surface area contributed by atoms with Gasteiger partial charge in [-0.25, -0.2) is 4.79 Å². The van der Waals surface area contributed by atoms with E-state index >= 15 is 0 Å². The lowest BCUT2D eigenvalue weighted by molar-refractivity contribution is 0.0783. The Morgan fingerprint density at radius 2 is 1.83 bits per heavy atom. The molecular weight excluding hydrogens is 290 g/mol. The second kappa shape index (κ2) is 5.62. The lowest BCUT2D eigenvalue weighted by atomic mass is 9.93. The molecule has 0 aromatic rings. The predicted octanol–water partition coefficient (Wildman–Crippen LogP) is 1.82. The van der Waals surface area contributed by atoms with E-state index in [4.69, 9.17) is 4.74 Å². The molecule has 2 saturated carbocycles. The number of rotatable bonds is 2. The van der Waals surface area contributed by atoms with Crippen LogP contribution in [0.25, 0.3) is 0 Å². The van der Waals surface area contributed by atoms with Crippen LogP contribution >= 0.6 is 0 Å². The quantitative estimate of drug-likeness (QED) is 0.844. The molecule has 0 spiro atoms. The van der Waals surface area contributed by atoms with E-state index in [1.807, 2.05) is 4.90 Å². The van der Waals surface area contributed by atoms with Gasteiger partial charge in [0.1, 0.15) is 0 Å². The molecule has 0 radical (unpaired) electrons. The molecule has 6 atom stereocenters. The van der Waals surface area contributed by atoms with Crippen molar-refractivity contribution in [3.63, 3.8) is 0 Å². The number of nitrogens with one attached hydrogen (secondary N) is 1. The van der Waals surface area contributed by atoms with Gasteiger partial charge in [-0.2, -0.15) is 0 Å². The first kappa shape index (κ1) is 14.5. The minimum atomic E-state index is 0.138. The molecule has 0 aromatic heterocycles. The highest BCUT2D eigenvalue weighted by atomic mass is 16.5. The summed E-state index contributed by atoms with van der Waals surface area (Å²) in [5.41, 5.74) is 0. The maximum absolute atomic E-state index is 12.5. The number of carbonyl (C=O) groups is 1. The molecule has 3 aliphatic heterocycles. The SMILES string of the molecule is O=C(NC1CC2CCC1O2)N1CCN(C2CC3CCC2C3)CC1. The minimum Gasteiger partial charge on any atom is -0.373 e. The van der Waals surface area contributed by atoms with Crippen molar-refractivity contribution in [2.24, 2.45) is 11.8 Å². The third-order valence-electron chi connectivity index (χ3n) is 7.19. The van der Waals surface area contributed by atoms with Crippen molar-refractivity contribution in [1.82, 2.24) is 15.1 Å². The summed E-state index contributed by atoms with van der Waals surface area (Å²) in [4.78, 5) is 17.2. The molecule has 23 heavy (non-hydrogen) atoms. The fourth-order valence-corrected chi connectivity index (χ4v) is 5.95. The first-order valence-electron chi connectivity index (χ1n) is 9.71. The van der Waals surface area contributed by atoms with E-state index in [-0.39, 0.29) is 18.2 Å². The van der Waals surface area contributed by atoms with Gasteiger partial charge in [0.15, 0.2) is 0 Å². The molecule has 5 nitrogen and oxygen atoms in total. The predicted molar refractivity (Wildman–Crippen MR) is 87.2 cm³/mol. The van der Waals surface area contributed by atoms with E-state index in [1.54, 1.807) is 0 Å². The van der Waals surface area contributed by atoms with E-state index in [2.05, 4.69) is 10.2 Å². The first-order valence-corrected chi connectivity index (χ1v) is 9.71. The Hall–Kier alpha value is -0.810. The van der Waals surface area contributed by atoms with E-state index < -0.39 is 0 Å². The highest BCUT2D eigenvalue weighted by molar-refractivity contribution is 5.74. The third kappa shape index (κ3) is 2.56. The van der Waals surface area contributed by atoms with Gasteiger partial charge < -0.3 is 15.0 Å².